The molecule has 88 valence electrons. The van der Waals surface area contributed by atoms with Gasteiger partial charge in [0.15, 0.2) is 0 Å². The first kappa shape index (κ1) is 11.0. The maximum atomic E-state index is 11.6. The molecule has 0 radical (unpaired) electrons. The van der Waals surface area contributed by atoms with Gasteiger partial charge < -0.3 is 4.98 Å². The molecule has 0 aliphatic carbocycles. The highest BCUT2D eigenvalue weighted by Gasteiger charge is 2.10. The van der Waals surface area contributed by atoms with E-state index in [0.29, 0.717) is 16.2 Å². The second-order valence-electron chi connectivity index (χ2n) is 3.92. The predicted molar refractivity (Wildman–Crippen MR) is 72.8 cm³/mol. The first-order valence-electron chi connectivity index (χ1n) is 5.50. The highest BCUT2D eigenvalue weighted by atomic mass is 35.5. The molecular formula is C14H9ClN2O. The number of aromatic nitrogens is 2. The number of fused-ring (bicyclic) bond motifs is 1. The zero-order valence-electron chi connectivity index (χ0n) is 9.35. The fourth-order valence-electron chi connectivity index (χ4n) is 1.97. The summed E-state index contributed by atoms with van der Waals surface area (Å²) >= 11 is 6.20. The van der Waals surface area contributed by atoms with Crippen molar-refractivity contribution in [2.24, 2.45) is 0 Å². The summed E-state index contributed by atoms with van der Waals surface area (Å²) in [5.41, 5.74) is 1.81. The van der Waals surface area contributed by atoms with Gasteiger partial charge in [-0.05, 0) is 12.1 Å². The van der Waals surface area contributed by atoms with Crippen LogP contribution in [0, 0.1) is 0 Å². The lowest BCUT2D eigenvalue weighted by Gasteiger charge is -2.06. The van der Waals surface area contributed by atoms with Crippen LogP contribution < -0.4 is 5.69 Å². The predicted octanol–water partition coefficient (Wildman–Crippen LogP) is 3.24. The number of nitrogens with one attached hydrogen (secondary N) is 1. The molecule has 0 aliphatic heterocycles. The zero-order chi connectivity index (χ0) is 12.5. The summed E-state index contributed by atoms with van der Waals surface area (Å²) in [5, 5.41) is 1.35. The minimum absolute atomic E-state index is 0.372. The lowest BCUT2D eigenvalue weighted by molar-refractivity contribution is 1.12. The van der Waals surface area contributed by atoms with E-state index in [1.54, 1.807) is 12.1 Å². The van der Waals surface area contributed by atoms with Crippen LogP contribution in [0.3, 0.4) is 0 Å². The van der Waals surface area contributed by atoms with E-state index in [1.165, 1.54) is 0 Å². The van der Waals surface area contributed by atoms with Crippen molar-refractivity contribution in [3.05, 3.63) is 64.0 Å². The average molecular weight is 257 g/mol. The van der Waals surface area contributed by atoms with Crippen LogP contribution in [-0.4, -0.2) is 9.97 Å². The molecule has 0 aliphatic rings. The van der Waals surface area contributed by atoms with Crippen LogP contribution in [0.4, 0.5) is 0 Å². The molecule has 0 amide bonds. The Morgan fingerprint density at radius 2 is 1.78 bits per heavy atom. The first-order valence-corrected chi connectivity index (χ1v) is 5.87. The van der Waals surface area contributed by atoms with Gasteiger partial charge in [0.25, 0.3) is 0 Å². The summed E-state index contributed by atoms with van der Waals surface area (Å²) in [6, 6.07) is 14.9. The van der Waals surface area contributed by atoms with Crippen molar-refractivity contribution in [1.82, 2.24) is 9.97 Å². The van der Waals surface area contributed by atoms with Crippen LogP contribution in [0.5, 0.6) is 0 Å². The molecule has 1 N–H and O–H groups in total. The zero-order valence-corrected chi connectivity index (χ0v) is 10.1. The van der Waals surface area contributed by atoms with Gasteiger partial charge in [0, 0.05) is 10.9 Å². The molecule has 2 aromatic carbocycles. The summed E-state index contributed by atoms with van der Waals surface area (Å²) in [6.07, 6.45) is 0. The van der Waals surface area contributed by atoms with Crippen molar-refractivity contribution in [3.8, 4) is 11.3 Å². The van der Waals surface area contributed by atoms with Crippen molar-refractivity contribution >= 4 is 22.5 Å². The van der Waals surface area contributed by atoms with Gasteiger partial charge in [0.2, 0.25) is 0 Å². The second-order valence-corrected chi connectivity index (χ2v) is 4.33. The van der Waals surface area contributed by atoms with Crippen LogP contribution >= 0.6 is 11.6 Å². The number of aromatic amines is 1. The van der Waals surface area contributed by atoms with Crippen molar-refractivity contribution in [2.45, 2.75) is 0 Å². The molecule has 0 unspecified atom stereocenters. The first-order chi connectivity index (χ1) is 8.75. The molecule has 0 spiro atoms. The number of rotatable bonds is 1. The Morgan fingerprint density at radius 1 is 1.00 bits per heavy atom. The van der Waals surface area contributed by atoms with E-state index in [0.717, 1.165) is 10.9 Å². The number of H-pyrrole nitrogens is 1. The molecule has 3 nitrogen and oxygen atoms in total. The van der Waals surface area contributed by atoms with Crippen LogP contribution in [-0.2, 0) is 0 Å². The van der Waals surface area contributed by atoms with E-state index >= 15 is 0 Å². The van der Waals surface area contributed by atoms with E-state index in [-0.39, 0.29) is 5.69 Å². The fraction of sp³-hybridized carbons (Fsp3) is 0. The molecule has 0 fully saturated rings. The van der Waals surface area contributed by atoms with Crippen molar-refractivity contribution in [1.29, 1.82) is 0 Å². The topological polar surface area (TPSA) is 45.8 Å². The van der Waals surface area contributed by atoms with Gasteiger partial charge in [-0.2, -0.15) is 4.98 Å². The number of benzene rings is 2. The van der Waals surface area contributed by atoms with Gasteiger partial charge in [-0.3, -0.25) is 0 Å². The molecule has 0 atom stereocenters. The maximum Gasteiger partial charge on any atom is 0.345 e. The quantitative estimate of drug-likeness (QED) is 0.726. The number of nitrogens with zero attached hydrogens (tertiary/aromatic N) is 1. The fourth-order valence-corrected chi connectivity index (χ4v) is 2.24. The second kappa shape index (κ2) is 4.27. The Hall–Kier alpha value is -2.13. The van der Waals surface area contributed by atoms with Gasteiger partial charge in [-0.1, -0.05) is 48.0 Å². The van der Waals surface area contributed by atoms with E-state index < -0.39 is 0 Å². The summed E-state index contributed by atoms with van der Waals surface area (Å²) in [4.78, 5) is 18.3. The van der Waals surface area contributed by atoms with Gasteiger partial charge in [0.1, 0.15) is 0 Å². The molecule has 3 aromatic rings. The van der Waals surface area contributed by atoms with Gasteiger partial charge in [-0.25, -0.2) is 4.79 Å². The van der Waals surface area contributed by atoms with Gasteiger partial charge >= 0.3 is 5.69 Å². The Labute approximate surface area is 108 Å². The van der Waals surface area contributed by atoms with E-state index in [4.69, 9.17) is 11.6 Å². The number of hydrogen-bond acceptors (Lipinski definition) is 2. The molecule has 4 heteroatoms. The molecule has 0 bridgehead atoms. The minimum atomic E-state index is -0.372. The Bertz CT molecular complexity index is 766. The van der Waals surface area contributed by atoms with Crippen LogP contribution in [0.15, 0.2) is 53.3 Å². The van der Waals surface area contributed by atoms with Crippen LogP contribution in [0.25, 0.3) is 22.2 Å². The standard InChI is InChI=1S/C14H9ClN2O/c15-10-7-4-8-11-12(10)13(17-14(18)16-11)9-5-2-1-3-6-9/h1-8H,(H,16,17,18). The summed E-state index contributed by atoms with van der Waals surface area (Å²) in [6.45, 7) is 0. The molecular weight excluding hydrogens is 248 g/mol. The molecule has 0 saturated carbocycles. The third-order valence-corrected chi connectivity index (χ3v) is 3.07. The Kier molecular flexibility index (Phi) is 2.61. The van der Waals surface area contributed by atoms with Crippen molar-refractivity contribution in [2.75, 3.05) is 0 Å². The van der Waals surface area contributed by atoms with Gasteiger partial charge in [-0.15, -0.1) is 0 Å². The van der Waals surface area contributed by atoms with E-state index in [2.05, 4.69) is 9.97 Å². The largest absolute Gasteiger partial charge is 0.345 e. The van der Waals surface area contributed by atoms with Crippen LogP contribution in [0.2, 0.25) is 5.02 Å². The third-order valence-electron chi connectivity index (χ3n) is 2.75. The highest BCUT2D eigenvalue weighted by molar-refractivity contribution is 6.36. The monoisotopic (exact) mass is 256 g/mol. The smallest absolute Gasteiger partial charge is 0.305 e. The van der Waals surface area contributed by atoms with Gasteiger partial charge in [0.05, 0.1) is 16.2 Å². The summed E-state index contributed by atoms with van der Waals surface area (Å²) in [5.74, 6) is 0. The number of halogens is 1. The van der Waals surface area contributed by atoms with Crippen molar-refractivity contribution < 1.29 is 0 Å². The summed E-state index contributed by atoms with van der Waals surface area (Å²) in [7, 11) is 0. The van der Waals surface area contributed by atoms with E-state index in [9.17, 15) is 4.79 Å². The number of hydrogen-bond donors (Lipinski definition) is 1. The lowest BCUT2D eigenvalue weighted by atomic mass is 10.1. The normalized spacial score (nSPS) is 10.7. The highest BCUT2D eigenvalue weighted by Crippen LogP contribution is 2.29. The average Bonchev–Trinajstić information content (AvgIpc) is 2.39. The lowest BCUT2D eigenvalue weighted by Crippen LogP contribution is -2.11. The van der Waals surface area contributed by atoms with E-state index in [1.807, 2.05) is 36.4 Å². The molecule has 1 aromatic heterocycles. The van der Waals surface area contributed by atoms with Crippen LogP contribution in [0.1, 0.15) is 0 Å². The third kappa shape index (κ3) is 1.79. The van der Waals surface area contributed by atoms with Crippen molar-refractivity contribution in [3.63, 3.8) is 0 Å². The maximum absolute atomic E-state index is 11.6. The summed E-state index contributed by atoms with van der Waals surface area (Å²) < 4.78 is 0. The molecule has 3 rings (SSSR count). The molecule has 1 heterocycles. The Balaban J connectivity index is 2.45. The SMILES string of the molecule is O=c1nc(-c2ccccc2)c2c(Cl)cccc2[nH]1. The minimum Gasteiger partial charge on any atom is -0.305 e. The Morgan fingerprint density at radius 3 is 2.56 bits per heavy atom. The molecule has 18 heavy (non-hydrogen) atoms. The molecule has 0 saturated heterocycles.